The molecule has 0 radical (unpaired) electrons. The SMILES string of the molecule is COc1cc(CNC(=O)c2cc3c(ccc4ccccc43)o2)cc(OC)c1OC. The van der Waals surface area contributed by atoms with Crippen LogP contribution in [0.25, 0.3) is 21.7 Å². The molecule has 3 aromatic carbocycles. The summed E-state index contributed by atoms with van der Waals surface area (Å²) in [7, 11) is 4.66. The van der Waals surface area contributed by atoms with Gasteiger partial charge in [-0.3, -0.25) is 4.79 Å². The van der Waals surface area contributed by atoms with Crippen molar-refractivity contribution in [3.63, 3.8) is 0 Å². The molecule has 0 atom stereocenters. The fourth-order valence-electron chi connectivity index (χ4n) is 3.41. The standard InChI is InChI=1S/C23H21NO5/c1-26-19-10-14(11-20(27-2)22(19)28-3)13-24-23(25)21-12-17-16-7-5-4-6-15(16)8-9-18(17)29-21/h4-12H,13H2,1-3H3,(H,24,25). The number of carbonyl (C=O) groups excluding carboxylic acids is 1. The second-order valence-corrected chi connectivity index (χ2v) is 6.53. The summed E-state index contributed by atoms with van der Waals surface area (Å²) >= 11 is 0. The molecule has 29 heavy (non-hydrogen) atoms. The van der Waals surface area contributed by atoms with Gasteiger partial charge in [-0.05, 0) is 40.6 Å². The van der Waals surface area contributed by atoms with Gasteiger partial charge in [0.1, 0.15) is 5.58 Å². The molecule has 1 N–H and O–H groups in total. The number of furan rings is 1. The number of amides is 1. The topological polar surface area (TPSA) is 69.9 Å². The second-order valence-electron chi connectivity index (χ2n) is 6.53. The fourth-order valence-corrected chi connectivity index (χ4v) is 3.41. The Bertz CT molecular complexity index is 1170. The molecule has 0 bridgehead atoms. The van der Waals surface area contributed by atoms with Crippen LogP contribution in [0.4, 0.5) is 0 Å². The normalized spacial score (nSPS) is 10.9. The Morgan fingerprint density at radius 3 is 2.31 bits per heavy atom. The Morgan fingerprint density at radius 1 is 0.897 bits per heavy atom. The molecule has 0 saturated carbocycles. The van der Waals surface area contributed by atoms with Gasteiger partial charge >= 0.3 is 0 Å². The van der Waals surface area contributed by atoms with E-state index in [-0.39, 0.29) is 18.2 Å². The van der Waals surface area contributed by atoms with Crippen molar-refractivity contribution in [3.05, 3.63) is 65.9 Å². The van der Waals surface area contributed by atoms with Gasteiger partial charge in [0.15, 0.2) is 17.3 Å². The minimum absolute atomic E-state index is 0.267. The third-order valence-electron chi connectivity index (χ3n) is 4.83. The van der Waals surface area contributed by atoms with Crippen LogP contribution in [-0.4, -0.2) is 27.2 Å². The van der Waals surface area contributed by atoms with E-state index in [2.05, 4.69) is 5.32 Å². The van der Waals surface area contributed by atoms with Crippen LogP contribution < -0.4 is 19.5 Å². The van der Waals surface area contributed by atoms with E-state index in [1.165, 1.54) is 0 Å². The summed E-state index contributed by atoms with van der Waals surface area (Å²) in [5.41, 5.74) is 1.50. The molecular formula is C23H21NO5. The van der Waals surface area contributed by atoms with Crippen molar-refractivity contribution >= 4 is 27.6 Å². The average Bonchev–Trinajstić information content (AvgIpc) is 3.21. The number of hydrogen-bond donors (Lipinski definition) is 1. The van der Waals surface area contributed by atoms with Crippen LogP contribution >= 0.6 is 0 Å². The number of benzene rings is 3. The van der Waals surface area contributed by atoms with Crippen molar-refractivity contribution in [2.24, 2.45) is 0 Å². The summed E-state index contributed by atoms with van der Waals surface area (Å²) < 4.78 is 21.8. The molecule has 1 heterocycles. The quantitative estimate of drug-likeness (QED) is 0.522. The van der Waals surface area contributed by atoms with Crippen molar-refractivity contribution in [1.29, 1.82) is 0 Å². The van der Waals surface area contributed by atoms with Crippen LogP contribution in [-0.2, 0) is 6.54 Å². The first-order valence-electron chi connectivity index (χ1n) is 9.13. The molecule has 4 rings (SSSR count). The number of rotatable bonds is 6. The lowest BCUT2D eigenvalue weighted by Gasteiger charge is -2.14. The molecule has 1 amide bonds. The highest BCUT2D eigenvalue weighted by atomic mass is 16.5. The van der Waals surface area contributed by atoms with Crippen LogP contribution in [0.5, 0.6) is 17.2 Å². The van der Waals surface area contributed by atoms with Crippen molar-refractivity contribution in [1.82, 2.24) is 5.32 Å². The smallest absolute Gasteiger partial charge is 0.287 e. The first kappa shape index (κ1) is 18.7. The zero-order chi connectivity index (χ0) is 20.4. The highest BCUT2D eigenvalue weighted by Gasteiger charge is 2.16. The van der Waals surface area contributed by atoms with Gasteiger partial charge in [-0.1, -0.05) is 30.3 Å². The van der Waals surface area contributed by atoms with E-state index in [1.807, 2.05) is 36.4 Å². The van der Waals surface area contributed by atoms with Gasteiger partial charge in [-0.25, -0.2) is 0 Å². The molecule has 1 aromatic heterocycles. The van der Waals surface area contributed by atoms with Crippen LogP contribution in [0.1, 0.15) is 16.1 Å². The van der Waals surface area contributed by atoms with Crippen molar-refractivity contribution < 1.29 is 23.4 Å². The highest BCUT2D eigenvalue weighted by Crippen LogP contribution is 2.38. The Morgan fingerprint density at radius 2 is 1.62 bits per heavy atom. The summed E-state index contributed by atoms with van der Waals surface area (Å²) in [6.45, 7) is 0.285. The maximum Gasteiger partial charge on any atom is 0.287 e. The van der Waals surface area contributed by atoms with Crippen LogP contribution in [0.15, 0.2) is 59.0 Å². The lowest BCUT2D eigenvalue weighted by atomic mass is 10.1. The number of fused-ring (bicyclic) bond motifs is 3. The minimum atomic E-state index is -0.293. The van der Waals surface area contributed by atoms with Crippen molar-refractivity contribution in [2.45, 2.75) is 6.54 Å². The Balaban J connectivity index is 1.58. The predicted octanol–water partition coefficient (Wildman–Crippen LogP) is 4.54. The molecular weight excluding hydrogens is 370 g/mol. The zero-order valence-electron chi connectivity index (χ0n) is 16.4. The van der Waals surface area contributed by atoms with Crippen LogP contribution in [0.3, 0.4) is 0 Å². The molecule has 0 aliphatic carbocycles. The van der Waals surface area contributed by atoms with Gasteiger partial charge in [-0.15, -0.1) is 0 Å². The molecule has 0 saturated heterocycles. The Labute approximate surface area is 168 Å². The first-order chi connectivity index (χ1) is 14.1. The maximum atomic E-state index is 12.7. The summed E-state index contributed by atoms with van der Waals surface area (Å²) in [4.78, 5) is 12.7. The molecule has 148 valence electrons. The fraction of sp³-hybridized carbons (Fsp3) is 0.174. The summed E-state index contributed by atoms with van der Waals surface area (Å²) in [6.07, 6.45) is 0. The Hall–Kier alpha value is -3.67. The number of methoxy groups -OCH3 is 3. The third kappa shape index (κ3) is 3.45. The van der Waals surface area contributed by atoms with E-state index in [0.29, 0.717) is 22.8 Å². The number of hydrogen-bond acceptors (Lipinski definition) is 5. The monoisotopic (exact) mass is 391 g/mol. The van der Waals surface area contributed by atoms with Crippen molar-refractivity contribution in [2.75, 3.05) is 21.3 Å². The first-order valence-corrected chi connectivity index (χ1v) is 9.13. The summed E-state index contributed by atoms with van der Waals surface area (Å²) in [5.74, 6) is 1.55. The van der Waals surface area contributed by atoms with Crippen LogP contribution in [0, 0.1) is 0 Å². The summed E-state index contributed by atoms with van der Waals surface area (Å²) in [6, 6.07) is 17.3. The lowest BCUT2D eigenvalue weighted by Crippen LogP contribution is -2.22. The van der Waals surface area contributed by atoms with Gasteiger partial charge in [-0.2, -0.15) is 0 Å². The second kappa shape index (κ2) is 7.75. The van der Waals surface area contributed by atoms with E-state index < -0.39 is 0 Å². The van der Waals surface area contributed by atoms with Crippen molar-refractivity contribution in [3.8, 4) is 17.2 Å². The van der Waals surface area contributed by atoms with Gasteiger partial charge in [0, 0.05) is 11.9 Å². The number of carbonyl (C=O) groups is 1. The van der Waals surface area contributed by atoms with Gasteiger partial charge < -0.3 is 23.9 Å². The van der Waals surface area contributed by atoms with Gasteiger partial charge in [0.25, 0.3) is 5.91 Å². The van der Waals surface area contributed by atoms with Gasteiger partial charge in [0.2, 0.25) is 5.75 Å². The van der Waals surface area contributed by atoms with E-state index in [9.17, 15) is 4.79 Å². The molecule has 0 aliphatic rings. The van der Waals surface area contributed by atoms with E-state index in [0.717, 1.165) is 21.7 Å². The van der Waals surface area contributed by atoms with Crippen LogP contribution in [0.2, 0.25) is 0 Å². The molecule has 6 heteroatoms. The number of nitrogens with one attached hydrogen (secondary N) is 1. The van der Waals surface area contributed by atoms with E-state index in [4.69, 9.17) is 18.6 Å². The number of ether oxygens (including phenoxy) is 3. The maximum absolute atomic E-state index is 12.7. The molecule has 0 aliphatic heterocycles. The zero-order valence-corrected chi connectivity index (χ0v) is 16.4. The van der Waals surface area contributed by atoms with Gasteiger partial charge in [0.05, 0.1) is 21.3 Å². The lowest BCUT2D eigenvalue weighted by molar-refractivity contribution is 0.0925. The molecule has 0 fully saturated rings. The van der Waals surface area contributed by atoms with E-state index in [1.54, 1.807) is 39.5 Å². The van der Waals surface area contributed by atoms with E-state index >= 15 is 0 Å². The predicted molar refractivity (Wildman–Crippen MR) is 111 cm³/mol. The molecule has 6 nitrogen and oxygen atoms in total. The highest BCUT2D eigenvalue weighted by molar-refractivity contribution is 6.08. The molecule has 4 aromatic rings. The largest absolute Gasteiger partial charge is 0.493 e. The minimum Gasteiger partial charge on any atom is -0.493 e. The summed E-state index contributed by atoms with van der Waals surface area (Å²) in [5, 5.41) is 5.95. The molecule has 0 unspecified atom stereocenters. The Kier molecular flexibility index (Phi) is 4.99. The third-order valence-corrected chi connectivity index (χ3v) is 4.83. The molecule has 0 spiro atoms. The average molecular weight is 391 g/mol.